The Labute approximate surface area is 96.5 Å². The Kier molecular flexibility index (Phi) is 2.97. The first kappa shape index (κ1) is 11.1. The first-order chi connectivity index (χ1) is 7.64. The SMILES string of the molecule is CC(=O)N1CCNCC1(C)c1ccccc1. The van der Waals surface area contributed by atoms with Crippen LogP contribution in [0.25, 0.3) is 0 Å². The molecule has 3 nitrogen and oxygen atoms in total. The lowest BCUT2D eigenvalue weighted by molar-refractivity contribution is -0.136. The van der Waals surface area contributed by atoms with Crippen LogP contribution in [0.3, 0.4) is 0 Å². The normalized spacial score (nSPS) is 25.5. The first-order valence-electron chi connectivity index (χ1n) is 5.69. The van der Waals surface area contributed by atoms with Crippen molar-refractivity contribution in [1.82, 2.24) is 10.2 Å². The second kappa shape index (κ2) is 4.26. The summed E-state index contributed by atoms with van der Waals surface area (Å²) in [7, 11) is 0. The molecule has 86 valence electrons. The second-order valence-corrected chi connectivity index (χ2v) is 4.49. The number of benzene rings is 1. The summed E-state index contributed by atoms with van der Waals surface area (Å²) >= 11 is 0. The van der Waals surface area contributed by atoms with Gasteiger partial charge < -0.3 is 10.2 Å². The number of hydrogen-bond acceptors (Lipinski definition) is 2. The van der Waals surface area contributed by atoms with Crippen molar-refractivity contribution >= 4 is 5.91 Å². The molecule has 16 heavy (non-hydrogen) atoms. The van der Waals surface area contributed by atoms with E-state index in [1.807, 2.05) is 23.1 Å². The molecule has 1 heterocycles. The van der Waals surface area contributed by atoms with Crippen molar-refractivity contribution in [1.29, 1.82) is 0 Å². The Morgan fingerprint density at radius 3 is 2.69 bits per heavy atom. The van der Waals surface area contributed by atoms with Gasteiger partial charge in [-0.15, -0.1) is 0 Å². The van der Waals surface area contributed by atoms with E-state index >= 15 is 0 Å². The Morgan fingerprint density at radius 1 is 1.38 bits per heavy atom. The van der Waals surface area contributed by atoms with Crippen molar-refractivity contribution in [3.63, 3.8) is 0 Å². The zero-order chi connectivity index (χ0) is 11.6. The highest BCUT2D eigenvalue weighted by atomic mass is 16.2. The molecule has 3 heteroatoms. The number of hydrogen-bond donors (Lipinski definition) is 1. The first-order valence-corrected chi connectivity index (χ1v) is 5.69. The predicted molar refractivity (Wildman–Crippen MR) is 64.1 cm³/mol. The minimum atomic E-state index is -0.217. The highest BCUT2D eigenvalue weighted by Gasteiger charge is 2.37. The van der Waals surface area contributed by atoms with Gasteiger partial charge in [-0.25, -0.2) is 0 Å². The summed E-state index contributed by atoms with van der Waals surface area (Å²) in [5.74, 6) is 0.146. The average Bonchev–Trinajstić information content (AvgIpc) is 2.30. The molecule has 1 fully saturated rings. The van der Waals surface area contributed by atoms with Crippen molar-refractivity contribution in [2.75, 3.05) is 19.6 Å². The van der Waals surface area contributed by atoms with Gasteiger partial charge in [0.2, 0.25) is 5.91 Å². The van der Waals surface area contributed by atoms with Crippen LogP contribution < -0.4 is 5.32 Å². The van der Waals surface area contributed by atoms with Crippen molar-refractivity contribution in [2.45, 2.75) is 19.4 Å². The zero-order valence-electron chi connectivity index (χ0n) is 9.86. The molecule has 0 saturated carbocycles. The van der Waals surface area contributed by atoms with Crippen molar-refractivity contribution in [2.24, 2.45) is 0 Å². The predicted octanol–water partition coefficient (Wildman–Crippen LogP) is 1.35. The molecular formula is C13H18N2O. The molecule has 1 saturated heterocycles. The molecule has 1 aliphatic heterocycles. The molecule has 0 aliphatic carbocycles. The molecule has 2 rings (SSSR count). The number of carbonyl (C=O) groups excluding carboxylic acids is 1. The van der Waals surface area contributed by atoms with E-state index in [1.54, 1.807) is 6.92 Å². The Balaban J connectivity index is 2.37. The van der Waals surface area contributed by atoms with Gasteiger partial charge in [-0.3, -0.25) is 4.79 Å². The van der Waals surface area contributed by atoms with Gasteiger partial charge in [0.1, 0.15) is 0 Å². The number of rotatable bonds is 1. The van der Waals surface area contributed by atoms with Crippen LogP contribution in [0.4, 0.5) is 0 Å². The van der Waals surface area contributed by atoms with E-state index < -0.39 is 0 Å². The molecule has 0 aromatic heterocycles. The van der Waals surface area contributed by atoms with Gasteiger partial charge in [0.25, 0.3) is 0 Å². The minimum Gasteiger partial charge on any atom is -0.331 e. The van der Waals surface area contributed by atoms with Crippen LogP contribution in [-0.2, 0) is 10.3 Å². The van der Waals surface area contributed by atoms with Crippen molar-refractivity contribution in [3.8, 4) is 0 Å². The number of carbonyl (C=O) groups is 1. The van der Waals surface area contributed by atoms with Crippen molar-refractivity contribution in [3.05, 3.63) is 35.9 Å². The van der Waals surface area contributed by atoms with Crippen LogP contribution in [-0.4, -0.2) is 30.4 Å². The van der Waals surface area contributed by atoms with Gasteiger partial charge in [-0.1, -0.05) is 30.3 Å². The van der Waals surface area contributed by atoms with Crippen molar-refractivity contribution < 1.29 is 4.79 Å². The summed E-state index contributed by atoms with van der Waals surface area (Å²) in [6.45, 7) is 6.24. The number of piperazine rings is 1. The molecule has 1 N–H and O–H groups in total. The Morgan fingerprint density at radius 2 is 2.06 bits per heavy atom. The molecule has 1 amide bonds. The van der Waals surface area contributed by atoms with Gasteiger partial charge >= 0.3 is 0 Å². The highest BCUT2D eigenvalue weighted by Crippen LogP contribution is 2.29. The third kappa shape index (κ3) is 1.83. The third-order valence-electron chi connectivity index (χ3n) is 3.35. The van der Waals surface area contributed by atoms with Crippen LogP contribution in [0.15, 0.2) is 30.3 Å². The fourth-order valence-electron chi connectivity index (χ4n) is 2.42. The maximum atomic E-state index is 11.7. The summed E-state index contributed by atoms with van der Waals surface area (Å²) in [4.78, 5) is 13.6. The molecule has 1 aromatic rings. The average molecular weight is 218 g/mol. The van der Waals surface area contributed by atoms with Gasteiger partial charge in [0.15, 0.2) is 0 Å². The van der Waals surface area contributed by atoms with E-state index in [9.17, 15) is 4.79 Å². The quantitative estimate of drug-likeness (QED) is 0.771. The van der Waals surface area contributed by atoms with Crippen LogP contribution in [0.5, 0.6) is 0 Å². The molecule has 1 unspecified atom stereocenters. The van der Waals surface area contributed by atoms with E-state index in [0.717, 1.165) is 19.6 Å². The maximum absolute atomic E-state index is 11.7. The highest BCUT2D eigenvalue weighted by molar-refractivity contribution is 5.74. The van der Waals surface area contributed by atoms with Crippen LogP contribution >= 0.6 is 0 Å². The monoisotopic (exact) mass is 218 g/mol. The summed E-state index contributed by atoms with van der Waals surface area (Å²) in [6.07, 6.45) is 0. The van der Waals surface area contributed by atoms with Crippen LogP contribution in [0.2, 0.25) is 0 Å². The van der Waals surface area contributed by atoms with E-state index in [-0.39, 0.29) is 11.4 Å². The Bertz CT molecular complexity index is 377. The lowest BCUT2D eigenvalue weighted by Crippen LogP contribution is -2.58. The fraction of sp³-hybridized carbons (Fsp3) is 0.462. The summed E-state index contributed by atoms with van der Waals surface area (Å²) < 4.78 is 0. The van der Waals surface area contributed by atoms with Gasteiger partial charge in [-0.2, -0.15) is 0 Å². The summed E-state index contributed by atoms with van der Waals surface area (Å²) in [5.41, 5.74) is 0.975. The largest absolute Gasteiger partial charge is 0.331 e. The van der Waals surface area contributed by atoms with E-state index in [0.29, 0.717) is 0 Å². The number of nitrogens with zero attached hydrogens (tertiary/aromatic N) is 1. The zero-order valence-corrected chi connectivity index (χ0v) is 9.86. The van der Waals surface area contributed by atoms with E-state index in [1.165, 1.54) is 5.56 Å². The summed E-state index contributed by atoms with van der Waals surface area (Å²) in [6, 6.07) is 10.2. The minimum absolute atomic E-state index is 0.146. The van der Waals surface area contributed by atoms with Gasteiger partial charge in [-0.05, 0) is 12.5 Å². The molecule has 0 radical (unpaired) electrons. The second-order valence-electron chi connectivity index (χ2n) is 4.49. The maximum Gasteiger partial charge on any atom is 0.220 e. The van der Waals surface area contributed by atoms with Gasteiger partial charge in [0, 0.05) is 26.6 Å². The lowest BCUT2D eigenvalue weighted by atomic mass is 9.88. The molecule has 0 bridgehead atoms. The smallest absolute Gasteiger partial charge is 0.220 e. The van der Waals surface area contributed by atoms with E-state index in [2.05, 4.69) is 24.4 Å². The lowest BCUT2D eigenvalue weighted by Gasteiger charge is -2.45. The Hall–Kier alpha value is -1.35. The summed E-state index contributed by atoms with van der Waals surface area (Å²) in [5, 5.41) is 3.36. The standard InChI is InChI=1S/C13H18N2O/c1-11(16)15-9-8-14-10-13(15,2)12-6-4-3-5-7-12/h3-7,14H,8-10H2,1-2H3. The molecule has 1 aromatic carbocycles. The van der Waals surface area contributed by atoms with Crippen LogP contribution in [0, 0.1) is 0 Å². The topological polar surface area (TPSA) is 32.3 Å². The molecule has 1 aliphatic rings. The molecular weight excluding hydrogens is 200 g/mol. The van der Waals surface area contributed by atoms with E-state index in [4.69, 9.17) is 0 Å². The third-order valence-corrected chi connectivity index (χ3v) is 3.35. The molecule has 1 atom stereocenters. The van der Waals surface area contributed by atoms with Gasteiger partial charge in [0.05, 0.1) is 5.54 Å². The fourth-order valence-corrected chi connectivity index (χ4v) is 2.42. The molecule has 0 spiro atoms. The number of amides is 1. The van der Waals surface area contributed by atoms with Crippen LogP contribution in [0.1, 0.15) is 19.4 Å². The number of nitrogens with one attached hydrogen (secondary N) is 1.